The van der Waals surface area contributed by atoms with Gasteiger partial charge in [0.25, 0.3) is 0 Å². The van der Waals surface area contributed by atoms with Crippen molar-refractivity contribution in [3.8, 4) is 34.0 Å². The predicted octanol–water partition coefficient (Wildman–Crippen LogP) is 3.76. The number of nitrogens with zero attached hydrogens (tertiary/aromatic N) is 5. The molecule has 2 aromatic carbocycles. The summed E-state index contributed by atoms with van der Waals surface area (Å²) in [5, 5.41) is 12.3. The van der Waals surface area contributed by atoms with Gasteiger partial charge in [-0.2, -0.15) is 0 Å². The van der Waals surface area contributed by atoms with E-state index in [9.17, 15) is 0 Å². The second kappa shape index (κ2) is 7.64. The molecule has 5 rings (SSSR count). The van der Waals surface area contributed by atoms with E-state index in [-0.39, 0.29) is 0 Å². The van der Waals surface area contributed by atoms with Crippen LogP contribution in [-0.4, -0.2) is 37.1 Å². The molecule has 29 heavy (non-hydrogen) atoms. The van der Waals surface area contributed by atoms with E-state index in [1.165, 1.54) is 12.8 Å². The van der Waals surface area contributed by atoms with E-state index < -0.39 is 0 Å². The molecule has 3 heterocycles. The predicted molar refractivity (Wildman–Crippen MR) is 114 cm³/mol. The highest BCUT2D eigenvalue weighted by atomic mass is 15.4. The molecule has 4 aromatic rings. The summed E-state index contributed by atoms with van der Waals surface area (Å²) in [6.45, 7) is 1.93. The van der Waals surface area contributed by atoms with E-state index in [0.717, 1.165) is 47.1 Å². The Hall–Kier alpha value is -3.25. The van der Waals surface area contributed by atoms with Crippen LogP contribution in [0.25, 0.3) is 34.0 Å². The Labute approximate surface area is 170 Å². The van der Waals surface area contributed by atoms with E-state index in [4.69, 9.17) is 4.98 Å². The van der Waals surface area contributed by atoms with Crippen molar-refractivity contribution in [1.29, 1.82) is 0 Å². The first kappa shape index (κ1) is 17.8. The van der Waals surface area contributed by atoms with Crippen LogP contribution in [0.4, 0.5) is 0 Å². The van der Waals surface area contributed by atoms with Gasteiger partial charge in [-0.05, 0) is 19.4 Å². The molecule has 0 radical (unpaired) electrons. The maximum absolute atomic E-state index is 5.00. The molecule has 0 amide bonds. The van der Waals surface area contributed by atoms with Crippen molar-refractivity contribution in [3.05, 3.63) is 66.9 Å². The lowest BCUT2D eigenvalue weighted by atomic mass is 10.1. The fourth-order valence-corrected chi connectivity index (χ4v) is 4.08. The second-order valence-electron chi connectivity index (χ2n) is 7.54. The summed E-state index contributed by atoms with van der Waals surface area (Å²) in [4.78, 5) is 5.00. The van der Waals surface area contributed by atoms with Gasteiger partial charge in [0.05, 0.1) is 24.1 Å². The largest absolute Gasteiger partial charge is 0.325 e. The molecule has 1 saturated heterocycles. The van der Waals surface area contributed by atoms with Gasteiger partial charge in [0.2, 0.25) is 0 Å². The summed E-state index contributed by atoms with van der Waals surface area (Å²) >= 11 is 0. The summed E-state index contributed by atoms with van der Waals surface area (Å²) in [5.74, 6) is 0.827. The first-order chi connectivity index (χ1) is 14.3. The molecular formula is C23H24N6. The quantitative estimate of drug-likeness (QED) is 0.569. The van der Waals surface area contributed by atoms with Crippen LogP contribution in [0.15, 0.2) is 66.9 Å². The number of imidazole rings is 1. The van der Waals surface area contributed by atoms with Crippen LogP contribution in [-0.2, 0) is 13.6 Å². The molecule has 0 bridgehead atoms. The number of hydrogen-bond acceptors (Lipinski definition) is 4. The fourth-order valence-electron chi connectivity index (χ4n) is 4.08. The average Bonchev–Trinajstić information content (AvgIpc) is 3.50. The van der Waals surface area contributed by atoms with Gasteiger partial charge in [0.15, 0.2) is 5.82 Å². The van der Waals surface area contributed by atoms with Crippen molar-refractivity contribution in [2.24, 2.45) is 7.05 Å². The molecule has 146 valence electrons. The zero-order valence-corrected chi connectivity index (χ0v) is 16.5. The number of rotatable bonds is 5. The lowest BCUT2D eigenvalue weighted by Gasteiger charge is -2.08. The third-order valence-electron chi connectivity index (χ3n) is 5.53. The Morgan fingerprint density at radius 2 is 1.72 bits per heavy atom. The van der Waals surface area contributed by atoms with Crippen LogP contribution in [0.1, 0.15) is 12.8 Å². The minimum absolute atomic E-state index is 0.477. The summed E-state index contributed by atoms with van der Waals surface area (Å²) in [7, 11) is 2.05. The van der Waals surface area contributed by atoms with Crippen molar-refractivity contribution in [3.63, 3.8) is 0 Å². The molecule has 0 saturated carbocycles. The highest BCUT2D eigenvalue weighted by molar-refractivity contribution is 5.81. The zero-order valence-electron chi connectivity index (χ0n) is 16.5. The SMILES string of the molecule is Cn1c(-c2cn(C[C@@H]3CCCN3)nn2)nc(-c2ccccc2)c1-c1ccccc1. The monoisotopic (exact) mass is 384 g/mol. The van der Waals surface area contributed by atoms with Gasteiger partial charge in [-0.3, -0.25) is 4.68 Å². The highest BCUT2D eigenvalue weighted by Gasteiger charge is 2.21. The lowest BCUT2D eigenvalue weighted by Crippen LogP contribution is -2.26. The van der Waals surface area contributed by atoms with Gasteiger partial charge < -0.3 is 9.88 Å². The Kier molecular flexibility index (Phi) is 4.69. The third kappa shape index (κ3) is 3.47. The van der Waals surface area contributed by atoms with Crippen molar-refractivity contribution in [2.75, 3.05) is 6.54 Å². The topological polar surface area (TPSA) is 60.6 Å². The van der Waals surface area contributed by atoms with E-state index >= 15 is 0 Å². The molecule has 0 aliphatic carbocycles. The summed E-state index contributed by atoms with van der Waals surface area (Å²) in [5.41, 5.74) is 5.07. The van der Waals surface area contributed by atoms with Gasteiger partial charge in [0, 0.05) is 24.2 Å². The summed E-state index contributed by atoms with van der Waals surface area (Å²) in [6, 6.07) is 21.2. The molecule has 0 spiro atoms. The average molecular weight is 384 g/mol. The smallest absolute Gasteiger partial charge is 0.163 e. The number of nitrogens with one attached hydrogen (secondary N) is 1. The standard InChI is InChI=1S/C23H24N6/c1-28-22(18-11-6-3-7-12-18)21(17-9-4-2-5-10-17)25-23(28)20-16-29(27-26-20)15-19-13-8-14-24-19/h2-7,9-12,16,19,24H,8,13-15H2,1H3/t19-/m0/s1. The van der Waals surface area contributed by atoms with Crippen molar-refractivity contribution in [1.82, 2.24) is 29.9 Å². The fraction of sp³-hybridized carbons (Fsp3) is 0.261. The van der Waals surface area contributed by atoms with Crippen molar-refractivity contribution in [2.45, 2.75) is 25.4 Å². The van der Waals surface area contributed by atoms with Crippen LogP contribution in [0, 0.1) is 0 Å². The number of hydrogen-bond donors (Lipinski definition) is 1. The summed E-state index contributed by atoms with van der Waals surface area (Å²) < 4.78 is 4.05. The van der Waals surface area contributed by atoms with Crippen LogP contribution in [0.2, 0.25) is 0 Å². The van der Waals surface area contributed by atoms with Gasteiger partial charge in [-0.25, -0.2) is 4.98 Å². The molecule has 6 heteroatoms. The highest BCUT2D eigenvalue weighted by Crippen LogP contribution is 2.34. The van der Waals surface area contributed by atoms with Gasteiger partial charge >= 0.3 is 0 Å². The molecule has 1 fully saturated rings. The molecule has 1 N–H and O–H groups in total. The molecular weight excluding hydrogens is 360 g/mol. The maximum atomic E-state index is 5.00. The van der Waals surface area contributed by atoms with Crippen LogP contribution in [0.3, 0.4) is 0 Å². The molecule has 0 unspecified atom stereocenters. The minimum Gasteiger partial charge on any atom is -0.325 e. The normalized spacial score (nSPS) is 16.4. The zero-order chi connectivity index (χ0) is 19.6. The van der Waals surface area contributed by atoms with Crippen LogP contribution in [0.5, 0.6) is 0 Å². The Bertz CT molecular complexity index is 1090. The van der Waals surface area contributed by atoms with Crippen molar-refractivity contribution < 1.29 is 0 Å². The van der Waals surface area contributed by atoms with E-state index in [1.54, 1.807) is 0 Å². The number of benzene rings is 2. The van der Waals surface area contributed by atoms with E-state index in [1.807, 2.05) is 35.1 Å². The number of aromatic nitrogens is 5. The Balaban J connectivity index is 1.57. The third-order valence-corrected chi connectivity index (χ3v) is 5.53. The van der Waals surface area contributed by atoms with Crippen molar-refractivity contribution >= 4 is 0 Å². The minimum atomic E-state index is 0.477. The first-order valence-electron chi connectivity index (χ1n) is 10.1. The second-order valence-corrected chi connectivity index (χ2v) is 7.54. The Morgan fingerprint density at radius 3 is 2.41 bits per heavy atom. The molecule has 1 aliphatic heterocycles. The summed E-state index contributed by atoms with van der Waals surface area (Å²) in [6.07, 6.45) is 4.42. The van der Waals surface area contributed by atoms with E-state index in [2.05, 4.69) is 63.6 Å². The van der Waals surface area contributed by atoms with Crippen LogP contribution < -0.4 is 5.32 Å². The molecule has 6 nitrogen and oxygen atoms in total. The maximum Gasteiger partial charge on any atom is 0.163 e. The molecule has 1 aliphatic rings. The van der Waals surface area contributed by atoms with Gasteiger partial charge in [-0.15, -0.1) is 5.10 Å². The molecule has 1 atom stereocenters. The van der Waals surface area contributed by atoms with Crippen LogP contribution >= 0.6 is 0 Å². The first-order valence-corrected chi connectivity index (χ1v) is 10.1. The lowest BCUT2D eigenvalue weighted by molar-refractivity contribution is 0.466. The Morgan fingerprint density at radius 1 is 1.00 bits per heavy atom. The van der Waals surface area contributed by atoms with Gasteiger partial charge in [0.1, 0.15) is 5.69 Å². The molecule has 2 aromatic heterocycles. The van der Waals surface area contributed by atoms with E-state index in [0.29, 0.717) is 6.04 Å². The van der Waals surface area contributed by atoms with Gasteiger partial charge in [-0.1, -0.05) is 65.9 Å².